The van der Waals surface area contributed by atoms with E-state index in [2.05, 4.69) is 0 Å². The Hall–Kier alpha value is -0.910. The van der Waals surface area contributed by atoms with Crippen molar-refractivity contribution in [1.82, 2.24) is 0 Å². The fourth-order valence-electron chi connectivity index (χ4n) is 1.64. The molecule has 16 heavy (non-hydrogen) atoms. The Kier molecular flexibility index (Phi) is 3.58. The summed E-state index contributed by atoms with van der Waals surface area (Å²) in [5.74, 6) is 0.969. The lowest BCUT2D eigenvalue weighted by atomic mass is 9.99. The first kappa shape index (κ1) is 11.6. The van der Waals surface area contributed by atoms with Crippen LogP contribution in [0.5, 0.6) is 5.75 Å². The number of hydrogen-bond donors (Lipinski definition) is 0. The average molecular weight is 242 g/mol. The van der Waals surface area contributed by atoms with Crippen molar-refractivity contribution in [3.8, 4) is 5.75 Å². The Labute approximate surface area is 97.4 Å². The van der Waals surface area contributed by atoms with E-state index >= 15 is 0 Å². The van der Waals surface area contributed by atoms with Gasteiger partial charge in [-0.3, -0.25) is 8.37 Å². The van der Waals surface area contributed by atoms with Crippen molar-refractivity contribution in [3.63, 3.8) is 0 Å². The van der Waals surface area contributed by atoms with Gasteiger partial charge in [-0.2, -0.15) is 4.21 Å². The molecule has 0 saturated carbocycles. The van der Waals surface area contributed by atoms with E-state index in [-0.39, 0.29) is 5.92 Å². The molecule has 0 unspecified atom stereocenters. The van der Waals surface area contributed by atoms with Crippen LogP contribution in [0.25, 0.3) is 0 Å². The van der Waals surface area contributed by atoms with E-state index in [0.717, 1.165) is 16.9 Å². The minimum absolute atomic E-state index is 0.118. The van der Waals surface area contributed by atoms with Crippen molar-refractivity contribution in [2.45, 2.75) is 12.8 Å². The van der Waals surface area contributed by atoms with E-state index < -0.39 is 11.4 Å². The van der Waals surface area contributed by atoms with Crippen LogP contribution >= 0.6 is 0 Å². The van der Waals surface area contributed by atoms with E-state index in [0.29, 0.717) is 13.2 Å². The van der Waals surface area contributed by atoms with Crippen LogP contribution in [-0.4, -0.2) is 24.5 Å². The standard InChI is InChI=1S/C11H14O4S/c1-8-3-4-9(5-11(8)13-2)10-6-14-16(12)15-7-10/h3-5,10H,6-7H2,1-2H3. The summed E-state index contributed by atoms with van der Waals surface area (Å²) in [4.78, 5) is 0. The zero-order valence-electron chi connectivity index (χ0n) is 9.26. The van der Waals surface area contributed by atoms with Crippen LogP contribution in [0.4, 0.5) is 0 Å². The van der Waals surface area contributed by atoms with E-state index in [4.69, 9.17) is 13.1 Å². The average Bonchev–Trinajstić information content (AvgIpc) is 2.31. The summed E-state index contributed by atoms with van der Waals surface area (Å²) in [6, 6.07) is 5.99. The summed E-state index contributed by atoms with van der Waals surface area (Å²) in [7, 11) is 1.65. The molecule has 5 heteroatoms. The minimum atomic E-state index is -1.58. The lowest BCUT2D eigenvalue weighted by molar-refractivity contribution is 0.160. The molecule has 1 saturated heterocycles. The highest BCUT2D eigenvalue weighted by atomic mass is 32.2. The Bertz CT molecular complexity index is 395. The molecule has 1 aromatic carbocycles. The minimum Gasteiger partial charge on any atom is -0.496 e. The molecule has 2 rings (SSSR count). The molecule has 0 aliphatic carbocycles. The third-order valence-electron chi connectivity index (χ3n) is 2.63. The number of ether oxygens (including phenoxy) is 1. The molecule has 0 aromatic heterocycles. The molecule has 0 amide bonds. The van der Waals surface area contributed by atoms with Gasteiger partial charge in [0, 0.05) is 5.92 Å². The molecular weight excluding hydrogens is 228 g/mol. The van der Waals surface area contributed by atoms with E-state index in [9.17, 15) is 4.21 Å². The number of methoxy groups -OCH3 is 1. The molecule has 1 fully saturated rings. The van der Waals surface area contributed by atoms with Gasteiger partial charge in [0.15, 0.2) is 0 Å². The van der Waals surface area contributed by atoms with Crippen molar-refractivity contribution in [1.29, 1.82) is 0 Å². The molecule has 0 spiro atoms. The van der Waals surface area contributed by atoms with Crippen molar-refractivity contribution in [2.75, 3.05) is 20.3 Å². The van der Waals surface area contributed by atoms with Crippen molar-refractivity contribution in [2.24, 2.45) is 0 Å². The lowest BCUT2D eigenvalue weighted by Crippen LogP contribution is -2.23. The third-order valence-corrected chi connectivity index (χ3v) is 3.29. The van der Waals surface area contributed by atoms with Gasteiger partial charge in [0.1, 0.15) is 5.75 Å². The first-order valence-electron chi connectivity index (χ1n) is 5.03. The van der Waals surface area contributed by atoms with E-state index in [1.54, 1.807) is 7.11 Å². The molecule has 0 N–H and O–H groups in total. The summed E-state index contributed by atoms with van der Waals surface area (Å²) in [6.45, 7) is 2.82. The van der Waals surface area contributed by atoms with Gasteiger partial charge in [-0.05, 0) is 24.1 Å². The summed E-state index contributed by atoms with van der Waals surface area (Å²) >= 11 is -1.58. The van der Waals surface area contributed by atoms with Gasteiger partial charge >= 0.3 is 11.4 Å². The molecule has 88 valence electrons. The molecule has 1 heterocycles. The van der Waals surface area contributed by atoms with Gasteiger partial charge in [0.05, 0.1) is 20.3 Å². The predicted molar refractivity (Wildman–Crippen MR) is 60.5 cm³/mol. The molecular formula is C11H14O4S. The van der Waals surface area contributed by atoms with Gasteiger partial charge in [-0.25, -0.2) is 0 Å². The molecule has 0 atom stereocenters. The van der Waals surface area contributed by atoms with Crippen LogP contribution in [0.3, 0.4) is 0 Å². The molecule has 0 radical (unpaired) electrons. The van der Waals surface area contributed by atoms with E-state index in [1.807, 2.05) is 25.1 Å². The van der Waals surface area contributed by atoms with Crippen molar-refractivity contribution >= 4 is 11.4 Å². The highest BCUT2D eigenvalue weighted by Crippen LogP contribution is 2.27. The second-order valence-electron chi connectivity index (χ2n) is 3.70. The molecule has 1 aromatic rings. The first-order chi connectivity index (χ1) is 7.70. The lowest BCUT2D eigenvalue weighted by Gasteiger charge is -2.21. The topological polar surface area (TPSA) is 44.8 Å². The van der Waals surface area contributed by atoms with Crippen LogP contribution < -0.4 is 4.74 Å². The normalized spacial score (nSPS) is 25.4. The summed E-state index contributed by atoms with van der Waals surface area (Å²) in [5.41, 5.74) is 2.17. The SMILES string of the molecule is COc1cc(C2COS(=O)OC2)ccc1C. The Morgan fingerprint density at radius 2 is 2.06 bits per heavy atom. The van der Waals surface area contributed by atoms with Crippen LogP contribution in [0.1, 0.15) is 17.0 Å². The maximum atomic E-state index is 10.9. The zero-order valence-corrected chi connectivity index (χ0v) is 10.1. The van der Waals surface area contributed by atoms with Crippen LogP contribution in [0.15, 0.2) is 18.2 Å². The van der Waals surface area contributed by atoms with Crippen molar-refractivity contribution in [3.05, 3.63) is 29.3 Å². The first-order valence-corrected chi connectivity index (χ1v) is 6.03. The zero-order chi connectivity index (χ0) is 11.5. The van der Waals surface area contributed by atoms with Crippen molar-refractivity contribution < 1.29 is 17.3 Å². The largest absolute Gasteiger partial charge is 0.496 e. The Morgan fingerprint density at radius 1 is 1.38 bits per heavy atom. The molecule has 1 aliphatic rings. The van der Waals surface area contributed by atoms with Crippen LogP contribution in [0.2, 0.25) is 0 Å². The van der Waals surface area contributed by atoms with Gasteiger partial charge in [0.2, 0.25) is 0 Å². The second kappa shape index (κ2) is 4.95. The molecule has 1 aliphatic heterocycles. The third kappa shape index (κ3) is 2.42. The van der Waals surface area contributed by atoms with E-state index in [1.165, 1.54) is 0 Å². The molecule has 0 bridgehead atoms. The second-order valence-corrected chi connectivity index (χ2v) is 4.58. The fourth-order valence-corrected chi connectivity index (χ4v) is 2.26. The van der Waals surface area contributed by atoms with Gasteiger partial charge < -0.3 is 4.74 Å². The van der Waals surface area contributed by atoms with Gasteiger partial charge in [-0.15, -0.1) is 0 Å². The Balaban J connectivity index is 2.17. The highest BCUT2D eigenvalue weighted by molar-refractivity contribution is 7.75. The van der Waals surface area contributed by atoms with Crippen LogP contribution in [-0.2, 0) is 19.7 Å². The fraction of sp³-hybridized carbons (Fsp3) is 0.455. The Morgan fingerprint density at radius 3 is 2.69 bits per heavy atom. The van der Waals surface area contributed by atoms with Gasteiger partial charge in [0.25, 0.3) is 0 Å². The number of benzene rings is 1. The quantitative estimate of drug-likeness (QED) is 0.792. The maximum Gasteiger partial charge on any atom is 0.304 e. The maximum absolute atomic E-state index is 10.9. The number of hydrogen-bond acceptors (Lipinski definition) is 4. The summed E-state index contributed by atoms with van der Waals surface area (Å²) < 4.78 is 26.0. The number of rotatable bonds is 2. The monoisotopic (exact) mass is 242 g/mol. The summed E-state index contributed by atoms with van der Waals surface area (Å²) in [5, 5.41) is 0. The van der Waals surface area contributed by atoms with Gasteiger partial charge in [-0.1, -0.05) is 12.1 Å². The molecule has 4 nitrogen and oxygen atoms in total. The summed E-state index contributed by atoms with van der Waals surface area (Å²) in [6.07, 6.45) is 0. The highest BCUT2D eigenvalue weighted by Gasteiger charge is 2.21. The van der Waals surface area contributed by atoms with Crippen LogP contribution in [0, 0.1) is 6.92 Å². The number of aryl methyl sites for hydroxylation is 1. The predicted octanol–water partition coefficient (Wildman–Crippen LogP) is 1.71. The smallest absolute Gasteiger partial charge is 0.304 e.